The van der Waals surface area contributed by atoms with E-state index in [2.05, 4.69) is 19.2 Å². The largest absolute Gasteiger partial charge is 0.507 e. The minimum absolute atomic E-state index is 0.295. The molecule has 0 atom stereocenters. The molecular weight excluding hydrogens is 246 g/mol. The molecule has 0 aromatic heterocycles. The molecule has 0 spiro atoms. The summed E-state index contributed by atoms with van der Waals surface area (Å²) in [5.74, 6) is 1.20. The average Bonchev–Trinajstić information content (AvgIpc) is 2.35. The van der Waals surface area contributed by atoms with E-state index in [9.17, 15) is 5.11 Å². The van der Waals surface area contributed by atoms with Crippen molar-refractivity contribution in [2.75, 3.05) is 13.1 Å². The van der Waals surface area contributed by atoms with Crippen molar-refractivity contribution in [2.24, 2.45) is 0 Å². The van der Waals surface area contributed by atoms with Gasteiger partial charge in [-0.25, -0.2) is 0 Å². The van der Waals surface area contributed by atoms with Crippen molar-refractivity contribution in [3.8, 4) is 5.75 Å². The van der Waals surface area contributed by atoms with Gasteiger partial charge >= 0.3 is 0 Å². The molecule has 1 heterocycles. The van der Waals surface area contributed by atoms with Crippen molar-refractivity contribution in [1.29, 1.82) is 0 Å². The summed E-state index contributed by atoms with van der Waals surface area (Å²) in [6.07, 6.45) is 2.15. The van der Waals surface area contributed by atoms with Crippen LogP contribution in [0.25, 0.3) is 0 Å². The fraction of sp³-hybridized carbons (Fsp3) is 0.600. The smallest absolute Gasteiger partial charge is 0.122 e. The molecule has 2 rings (SSSR count). The van der Waals surface area contributed by atoms with Gasteiger partial charge < -0.3 is 10.4 Å². The van der Waals surface area contributed by atoms with Gasteiger partial charge in [-0.05, 0) is 61.9 Å². The van der Waals surface area contributed by atoms with Crippen molar-refractivity contribution in [3.63, 3.8) is 0 Å². The molecule has 1 fully saturated rings. The first-order valence-corrected chi connectivity index (χ1v) is 7.12. The Bertz CT molecular complexity index is 437. The summed E-state index contributed by atoms with van der Waals surface area (Å²) in [4.78, 5) is 0. The van der Waals surface area contributed by atoms with Gasteiger partial charge in [0, 0.05) is 10.6 Å². The van der Waals surface area contributed by atoms with Crippen molar-refractivity contribution in [2.45, 2.75) is 45.4 Å². The van der Waals surface area contributed by atoms with Gasteiger partial charge in [0.25, 0.3) is 0 Å². The summed E-state index contributed by atoms with van der Waals surface area (Å²) in [7, 11) is 0. The van der Waals surface area contributed by atoms with Gasteiger partial charge in [-0.15, -0.1) is 0 Å². The van der Waals surface area contributed by atoms with Crippen LogP contribution < -0.4 is 5.32 Å². The molecule has 1 aliphatic heterocycles. The summed E-state index contributed by atoms with van der Waals surface area (Å²) in [5, 5.41) is 14.7. The Morgan fingerprint density at radius 3 is 2.50 bits per heavy atom. The van der Waals surface area contributed by atoms with Gasteiger partial charge in [-0.1, -0.05) is 25.4 Å². The lowest BCUT2D eigenvalue weighted by Crippen LogP contribution is -2.27. The Balaban J connectivity index is 2.49. The summed E-state index contributed by atoms with van der Waals surface area (Å²) in [6.45, 7) is 8.24. The molecule has 1 aromatic carbocycles. The van der Waals surface area contributed by atoms with Crippen LogP contribution in [0.2, 0.25) is 5.02 Å². The third-order valence-corrected chi connectivity index (χ3v) is 4.34. The van der Waals surface area contributed by atoms with E-state index in [0.29, 0.717) is 17.6 Å². The third kappa shape index (κ3) is 2.50. The maximum atomic E-state index is 10.5. The number of hydrogen-bond donors (Lipinski definition) is 2. The van der Waals surface area contributed by atoms with Crippen LogP contribution in [0.4, 0.5) is 0 Å². The lowest BCUT2D eigenvalue weighted by Gasteiger charge is -2.27. The molecule has 0 aliphatic carbocycles. The van der Waals surface area contributed by atoms with E-state index in [0.717, 1.165) is 47.6 Å². The number of aromatic hydroxyl groups is 1. The number of nitrogens with one attached hydrogen (secondary N) is 1. The molecule has 0 unspecified atom stereocenters. The second kappa shape index (κ2) is 5.50. The lowest BCUT2D eigenvalue weighted by molar-refractivity contribution is 0.418. The summed E-state index contributed by atoms with van der Waals surface area (Å²) < 4.78 is 0. The summed E-state index contributed by atoms with van der Waals surface area (Å²) >= 11 is 6.33. The van der Waals surface area contributed by atoms with Gasteiger partial charge in [0.15, 0.2) is 0 Å². The molecule has 18 heavy (non-hydrogen) atoms. The minimum atomic E-state index is 0.295. The van der Waals surface area contributed by atoms with Crippen LogP contribution >= 0.6 is 11.6 Å². The van der Waals surface area contributed by atoms with E-state index in [-0.39, 0.29) is 0 Å². The molecule has 100 valence electrons. The zero-order valence-corrected chi connectivity index (χ0v) is 12.1. The van der Waals surface area contributed by atoms with Crippen LogP contribution in [-0.2, 0) is 0 Å². The summed E-state index contributed by atoms with van der Waals surface area (Å²) in [5.41, 5.74) is 3.09. The van der Waals surface area contributed by atoms with Gasteiger partial charge in [0.1, 0.15) is 5.75 Å². The monoisotopic (exact) mass is 267 g/mol. The molecule has 1 aromatic rings. The second-order valence-corrected chi connectivity index (χ2v) is 5.92. The van der Waals surface area contributed by atoms with Crippen molar-refractivity contribution in [1.82, 2.24) is 5.32 Å². The zero-order chi connectivity index (χ0) is 13.3. The van der Waals surface area contributed by atoms with Crippen LogP contribution in [-0.4, -0.2) is 18.2 Å². The van der Waals surface area contributed by atoms with Crippen LogP contribution in [0.3, 0.4) is 0 Å². The highest BCUT2D eigenvalue weighted by Crippen LogP contribution is 2.42. The SMILES string of the molecule is Cc1c(Cl)cc(C(C)C)c(O)c1C1CCNCC1. The van der Waals surface area contributed by atoms with Gasteiger partial charge in [0.2, 0.25) is 0 Å². The first kappa shape index (κ1) is 13.7. The first-order chi connectivity index (χ1) is 8.52. The fourth-order valence-corrected chi connectivity index (χ4v) is 3.04. The number of rotatable bonds is 2. The lowest BCUT2D eigenvalue weighted by atomic mass is 9.84. The van der Waals surface area contributed by atoms with E-state index in [1.54, 1.807) is 0 Å². The Morgan fingerprint density at radius 1 is 1.33 bits per heavy atom. The Kier molecular flexibility index (Phi) is 4.18. The van der Waals surface area contributed by atoms with Crippen molar-refractivity contribution >= 4 is 11.6 Å². The number of benzene rings is 1. The molecule has 0 radical (unpaired) electrons. The Hall–Kier alpha value is -0.730. The molecule has 0 amide bonds. The average molecular weight is 268 g/mol. The number of phenolic OH excluding ortho intramolecular Hbond substituents is 1. The number of piperidine rings is 1. The van der Waals surface area contributed by atoms with Crippen molar-refractivity contribution in [3.05, 3.63) is 27.8 Å². The van der Waals surface area contributed by atoms with E-state index in [4.69, 9.17) is 11.6 Å². The van der Waals surface area contributed by atoms with Gasteiger partial charge in [-0.2, -0.15) is 0 Å². The topological polar surface area (TPSA) is 32.3 Å². The number of phenols is 1. The first-order valence-electron chi connectivity index (χ1n) is 6.75. The maximum absolute atomic E-state index is 10.5. The Morgan fingerprint density at radius 2 is 1.94 bits per heavy atom. The van der Waals surface area contributed by atoms with E-state index < -0.39 is 0 Å². The quantitative estimate of drug-likeness (QED) is 0.851. The number of halogens is 1. The maximum Gasteiger partial charge on any atom is 0.122 e. The van der Waals surface area contributed by atoms with Gasteiger partial charge in [0.05, 0.1) is 0 Å². The van der Waals surface area contributed by atoms with E-state index in [1.807, 2.05) is 13.0 Å². The molecule has 3 heteroatoms. The highest BCUT2D eigenvalue weighted by molar-refractivity contribution is 6.31. The zero-order valence-electron chi connectivity index (χ0n) is 11.4. The molecule has 1 saturated heterocycles. The fourth-order valence-electron chi connectivity index (χ4n) is 2.83. The van der Waals surface area contributed by atoms with Crippen LogP contribution in [0, 0.1) is 6.92 Å². The highest BCUT2D eigenvalue weighted by Gasteiger charge is 2.24. The second-order valence-electron chi connectivity index (χ2n) is 5.51. The van der Waals surface area contributed by atoms with Crippen molar-refractivity contribution < 1.29 is 5.11 Å². The molecule has 0 bridgehead atoms. The molecular formula is C15H22ClNO. The molecule has 2 N–H and O–H groups in total. The third-order valence-electron chi connectivity index (χ3n) is 3.94. The predicted octanol–water partition coefficient (Wildman–Crippen LogP) is 3.94. The summed E-state index contributed by atoms with van der Waals surface area (Å²) in [6, 6.07) is 1.92. The standard InChI is InChI=1S/C15H22ClNO/c1-9(2)12-8-13(16)10(3)14(15(12)18)11-4-6-17-7-5-11/h8-9,11,17-18H,4-7H2,1-3H3. The van der Waals surface area contributed by atoms with E-state index in [1.165, 1.54) is 0 Å². The number of hydrogen-bond acceptors (Lipinski definition) is 2. The van der Waals surface area contributed by atoms with Crippen LogP contribution in [0.5, 0.6) is 5.75 Å². The highest BCUT2D eigenvalue weighted by atomic mass is 35.5. The molecule has 2 nitrogen and oxygen atoms in total. The van der Waals surface area contributed by atoms with Crippen LogP contribution in [0.15, 0.2) is 6.07 Å². The minimum Gasteiger partial charge on any atom is -0.507 e. The normalized spacial score (nSPS) is 17.4. The van der Waals surface area contributed by atoms with Crippen LogP contribution in [0.1, 0.15) is 55.2 Å². The van der Waals surface area contributed by atoms with E-state index >= 15 is 0 Å². The van der Waals surface area contributed by atoms with Gasteiger partial charge in [-0.3, -0.25) is 0 Å². The molecule has 1 aliphatic rings. The molecule has 0 saturated carbocycles. The predicted molar refractivity (Wildman–Crippen MR) is 76.8 cm³/mol. The Labute approximate surface area is 114 Å².